The van der Waals surface area contributed by atoms with Crippen LogP contribution in [0.4, 0.5) is 0 Å². The highest BCUT2D eigenvalue weighted by Gasteiger charge is 2.08. The molecule has 8 heteroatoms. The molecule has 0 atom stereocenters. The normalized spacial score (nSPS) is 11.6. The van der Waals surface area contributed by atoms with Crippen LogP contribution in [-0.4, -0.2) is 43.6 Å². The van der Waals surface area contributed by atoms with Crippen molar-refractivity contribution in [1.29, 1.82) is 0 Å². The minimum absolute atomic E-state index is 0.588. The van der Waals surface area contributed by atoms with Gasteiger partial charge in [-0.2, -0.15) is 5.10 Å². The number of guanidine groups is 1. The SMILES string of the molecule is CCNC(=NCc1ccccc1-n1nc(C)cc1C)NCCCCn1cnnc1. The Balaban J connectivity index is 1.59. The highest BCUT2D eigenvalue weighted by Crippen LogP contribution is 2.17. The molecule has 0 aliphatic carbocycles. The Morgan fingerprint density at radius 3 is 2.59 bits per heavy atom. The summed E-state index contributed by atoms with van der Waals surface area (Å²) in [6.45, 7) is 9.38. The molecule has 2 aromatic heterocycles. The Kier molecular flexibility index (Phi) is 7.38. The lowest BCUT2D eigenvalue weighted by Crippen LogP contribution is -2.37. The van der Waals surface area contributed by atoms with E-state index in [1.165, 1.54) is 0 Å². The van der Waals surface area contributed by atoms with Crippen molar-refractivity contribution in [2.75, 3.05) is 13.1 Å². The molecule has 3 rings (SSSR count). The molecule has 2 heterocycles. The van der Waals surface area contributed by atoms with E-state index in [1.54, 1.807) is 12.7 Å². The molecule has 8 nitrogen and oxygen atoms in total. The summed E-state index contributed by atoms with van der Waals surface area (Å²) in [6.07, 6.45) is 5.61. The summed E-state index contributed by atoms with van der Waals surface area (Å²) in [5.41, 5.74) is 4.36. The summed E-state index contributed by atoms with van der Waals surface area (Å²) in [7, 11) is 0. The van der Waals surface area contributed by atoms with Crippen molar-refractivity contribution in [3.63, 3.8) is 0 Å². The number of nitrogens with zero attached hydrogens (tertiary/aromatic N) is 6. The summed E-state index contributed by atoms with van der Waals surface area (Å²) in [5.74, 6) is 0.833. The summed E-state index contributed by atoms with van der Waals surface area (Å²) in [5, 5.41) is 19.0. The number of nitrogens with one attached hydrogen (secondary N) is 2. The second-order valence-corrected chi connectivity index (χ2v) is 7.00. The molecule has 1 aromatic carbocycles. The first-order valence-corrected chi connectivity index (χ1v) is 10.1. The van der Waals surface area contributed by atoms with E-state index in [2.05, 4.69) is 58.0 Å². The first-order chi connectivity index (χ1) is 14.2. The predicted octanol–water partition coefficient (Wildman–Crippen LogP) is 2.62. The summed E-state index contributed by atoms with van der Waals surface area (Å²) < 4.78 is 3.99. The smallest absolute Gasteiger partial charge is 0.191 e. The van der Waals surface area contributed by atoms with Crippen LogP contribution in [0.1, 0.15) is 36.7 Å². The third-order valence-corrected chi connectivity index (χ3v) is 4.58. The average Bonchev–Trinajstić information content (AvgIpc) is 3.35. The van der Waals surface area contributed by atoms with Crippen molar-refractivity contribution in [2.45, 2.75) is 46.7 Å². The molecule has 0 radical (unpaired) electrons. The zero-order chi connectivity index (χ0) is 20.5. The van der Waals surface area contributed by atoms with Crippen molar-refractivity contribution in [3.8, 4) is 5.69 Å². The molecule has 2 N–H and O–H groups in total. The minimum atomic E-state index is 0.588. The number of aromatic nitrogens is 5. The zero-order valence-electron chi connectivity index (χ0n) is 17.5. The molecule has 0 saturated heterocycles. The van der Waals surface area contributed by atoms with E-state index in [0.717, 1.165) is 61.1 Å². The maximum atomic E-state index is 4.78. The molecule has 29 heavy (non-hydrogen) atoms. The van der Waals surface area contributed by atoms with Crippen LogP contribution in [0.15, 0.2) is 48.0 Å². The fourth-order valence-electron chi connectivity index (χ4n) is 3.19. The van der Waals surface area contributed by atoms with E-state index in [4.69, 9.17) is 4.99 Å². The van der Waals surface area contributed by atoms with E-state index in [9.17, 15) is 0 Å². The van der Waals surface area contributed by atoms with Gasteiger partial charge in [0.05, 0.1) is 17.9 Å². The number of hydrogen-bond donors (Lipinski definition) is 2. The number of para-hydroxylation sites is 1. The molecule has 0 bridgehead atoms. The second kappa shape index (κ2) is 10.4. The van der Waals surface area contributed by atoms with Crippen molar-refractivity contribution in [3.05, 3.63) is 59.9 Å². The van der Waals surface area contributed by atoms with Gasteiger partial charge >= 0.3 is 0 Å². The molecule has 0 unspecified atom stereocenters. The molecule has 0 amide bonds. The maximum Gasteiger partial charge on any atom is 0.191 e. The van der Waals surface area contributed by atoms with Crippen LogP contribution in [0.2, 0.25) is 0 Å². The molecule has 154 valence electrons. The van der Waals surface area contributed by atoms with Gasteiger partial charge in [0.15, 0.2) is 5.96 Å². The van der Waals surface area contributed by atoms with Gasteiger partial charge in [-0.3, -0.25) is 0 Å². The van der Waals surface area contributed by atoms with Crippen LogP contribution in [0.25, 0.3) is 5.69 Å². The van der Waals surface area contributed by atoms with E-state index in [0.29, 0.717) is 6.54 Å². The first kappa shape index (κ1) is 20.6. The van der Waals surface area contributed by atoms with Crippen LogP contribution in [0.3, 0.4) is 0 Å². The fourth-order valence-corrected chi connectivity index (χ4v) is 3.19. The lowest BCUT2D eigenvalue weighted by Gasteiger charge is -2.13. The minimum Gasteiger partial charge on any atom is -0.357 e. The Hall–Kier alpha value is -3.16. The molecule has 3 aromatic rings. The van der Waals surface area contributed by atoms with Gasteiger partial charge in [-0.05, 0) is 51.3 Å². The van der Waals surface area contributed by atoms with Gasteiger partial charge in [0.1, 0.15) is 12.7 Å². The second-order valence-electron chi connectivity index (χ2n) is 7.00. The third-order valence-electron chi connectivity index (χ3n) is 4.58. The van der Waals surface area contributed by atoms with Gasteiger partial charge in [0.25, 0.3) is 0 Å². The number of rotatable bonds is 9. The van der Waals surface area contributed by atoms with Crippen molar-refractivity contribution >= 4 is 5.96 Å². The van der Waals surface area contributed by atoms with Gasteiger partial charge in [-0.25, -0.2) is 9.67 Å². The van der Waals surface area contributed by atoms with E-state index in [1.807, 2.05) is 28.3 Å². The lowest BCUT2D eigenvalue weighted by atomic mass is 10.2. The van der Waals surface area contributed by atoms with Crippen LogP contribution in [0.5, 0.6) is 0 Å². The largest absolute Gasteiger partial charge is 0.357 e. The van der Waals surface area contributed by atoms with Crippen LogP contribution < -0.4 is 10.6 Å². The van der Waals surface area contributed by atoms with Crippen LogP contribution in [-0.2, 0) is 13.1 Å². The molecule has 0 aliphatic rings. The molecular weight excluding hydrogens is 364 g/mol. The van der Waals surface area contributed by atoms with Gasteiger partial charge in [-0.15, -0.1) is 10.2 Å². The van der Waals surface area contributed by atoms with Crippen LogP contribution >= 0.6 is 0 Å². The monoisotopic (exact) mass is 394 g/mol. The quantitative estimate of drug-likeness (QED) is 0.331. The fraction of sp³-hybridized carbons (Fsp3) is 0.429. The van der Waals surface area contributed by atoms with Crippen molar-refractivity contribution in [1.82, 2.24) is 35.2 Å². The topological polar surface area (TPSA) is 85.0 Å². The lowest BCUT2D eigenvalue weighted by molar-refractivity contribution is 0.597. The van der Waals surface area contributed by atoms with E-state index < -0.39 is 0 Å². The summed E-state index contributed by atoms with van der Waals surface area (Å²) in [6, 6.07) is 10.4. The third kappa shape index (κ3) is 5.91. The van der Waals surface area contributed by atoms with Gasteiger partial charge in [-0.1, -0.05) is 18.2 Å². The number of aryl methyl sites for hydroxylation is 3. The van der Waals surface area contributed by atoms with Crippen LogP contribution in [0, 0.1) is 13.8 Å². The number of aliphatic imine (C=N–C) groups is 1. The Bertz CT molecular complexity index is 911. The standard InChI is InChI=1S/C21H30N8/c1-4-22-21(23-11-7-8-12-28-15-25-26-16-28)24-14-19-9-5-6-10-20(19)29-18(3)13-17(2)27-29/h5-6,9-10,13,15-16H,4,7-8,11-12,14H2,1-3H3,(H2,22,23,24). The Labute approximate surface area is 172 Å². The Morgan fingerprint density at radius 2 is 1.86 bits per heavy atom. The molecular formula is C21H30N8. The number of benzene rings is 1. The average molecular weight is 395 g/mol. The van der Waals surface area contributed by atoms with Crippen molar-refractivity contribution in [2.24, 2.45) is 4.99 Å². The highest BCUT2D eigenvalue weighted by atomic mass is 15.3. The van der Waals surface area contributed by atoms with Gasteiger partial charge < -0.3 is 15.2 Å². The van der Waals surface area contributed by atoms with Gasteiger partial charge in [0, 0.05) is 25.3 Å². The zero-order valence-corrected chi connectivity index (χ0v) is 17.5. The predicted molar refractivity (Wildman–Crippen MR) is 115 cm³/mol. The first-order valence-electron chi connectivity index (χ1n) is 10.1. The highest BCUT2D eigenvalue weighted by molar-refractivity contribution is 5.79. The summed E-state index contributed by atoms with van der Waals surface area (Å²) >= 11 is 0. The number of hydrogen-bond acceptors (Lipinski definition) is 4. The van der Waals surface area contributed by atoms with E-state index >= 15 is 0 Å². The summed E-state index contributed by atoms with van der Waals surface area (Å²) in [4.78, 5) is 4.78. The van der Waals surface area contributed by atoms with Gasteiger partial charge in [0.2, 0.25) is 0 Å². The van der Waals surface area contributed by atoms with Crippen molar-refractivity contribution < 1.29 is 0 Å². The molecule has 0 spiro atoms. The van der Waals surface area contributed by atoms with E-state index in [-0.39, 0.29) is 0 Å². The number of unbranched alkanes of at least 4 members (excludes halogenated alkanes) is 1. The molecule has 0 aliphatic heterocycles. The molecule has 0 fully saturated rings. The maximum absolute atomic E-state index is 4.78. The Morgan fingerprint density at radius 1 is 1.07 bits per heavy atom. The molecule has 0 saturated carbocycles.